The molecule has 1 unspecified atom stereocenters. The fourth-order valence-electron chi connectivity index (χ4n) is 3.72. The van der Waals surface area contributed by atoms with E-state index in [4.69, 9.17) is 4.42 Å². The summed E-state index contributed by atoms with van der Waals surface area (Å²) in [5.74, 6) is -0.344. The lowest BCUT2D eigenvalue weighted by atomic mass is 10.0. The summed E-state index contributed by atoms with van der Waals surface area (Å²) < 4.78 is 30.5. The number of furan rings is 1. The van der Waals surface area contributed by atoms with Crippen molar-refractivity contribution in [2.75, 3.05) is 31.7 Å². The summed E-state index contributed by atoms with van der Waals surface area (Å²) in [5, 5.41) is 3.56. The quantitative estimate of drug-likeness (QED) is 0.719. The molecule has 0 spiro atoms. The van der Waals surface area contributed by atoms with Crippen molar-refractivity contribution >= 4 is 38.4 Å². The van der Waals surface area contributed by atoms with Gasteiger partial charge in [-0.2, -0.15) is 0 Å². The molecule has 0 radical (unpaired) electrons. The van der Waals surface area contributed by atoms with Gasteiger partial charge in [0, 0.05) is 38.5 Å². The number of hydrogen-bond donors (Lipinski definition) is 1. The molecular weight excluding hydrogens is 394 g/mol. The fourth-order valence-corrected chi connectivity index (χ4v) is 4.47. The number of sulfonamides is 1. The second kappa shape index (κ2) is 8.25. The minimum Gasteiger partial charge on any atom is -0.451 e. The molecule has 1 N–H and O–H groups in total. The van der Waals surface area contributed by atoms with Gasteiger partial charge in [0.25, 0.3) is 0 Å². The number of carbonyl (C=O) groups excluding carboxylic acids is 2. The van der Waals surface area contributed by atoms with Crippen LogP contribution in [0.2, 0.25) is 0 Å². The maximum Gasteiger partial charge on any atom is 0.241 e. The number of nitrogens with one attached hydrogen (secondary N) is 1. The van der Waals surface area contributed by atoms with Crippen molar-refractivity contribution in [3.8, 4) is 0 Å². The molecule has 3 rings (SSSR count). The van der Waals surface area contributed by atoms with Crippen LogP contribution in [0.5, 0.6) is 0 Å². The average Bonchev–Trinajstić information content (AvgIpc) is 3.05. The van der Waals surface area contributed by atoms with Gasteiger partial charge in [0.2, 0.25) is 15.9 Å². The highest BCUT2D eigenvalue weighted by Gasteiger charge is 2.31. The standard InChI is InChI=1S/C20H27N3O5S/c1-13(23-11-9-15(10-12-23)22(3)29(4,26)27)20(25)21-18-16-7-5-6-8-17(16)28-19(18)14(2)24/h5-8,13,15H,9-12H2,1-4H3,(H,21,25). The molecule has 1 aliphatic heterocycles. The Balaban J connectivity index is 1.70. The summed E-state index contributed by atoms with van der Waals surface area (Å²) in [4.78, 5) is 26.9. The fraction of sp³-hybridized carbons (Fsp3) is 0.500. The Morgan fingerprint density at radius 1 is 1.24 bits per heavy atom. The molecule has 1 aromatic carbocycles. The van der Waals surface area contributed by atoms with Crippen molar-refractivity contribution in [3.63, 3.8) is 0 Å². The lowest BCUT2D eigenvalue weighted by molar-refractivity contribution is -0.121. The molecule has 1 fully saturated rings. The van der Waals surface area contributed by atoms with Crippen LogP contribution in [0.4, 0.5) is 5.69 Å². The largest absolute Gasteiger partial charge is 0.451 e. The molecular formula is C20H27N3O5S. The van der Waals surface area contributed by atoms with E-state index in [0.717, 1.165) is 0 Å². The summed E-state index contributed by atoms with van der Waals surface area (Å²) in [5.41, 5.74) is 0.946. The van der Waals surface area contributed by atoms with Crippen molar-refractivity contribution in [3.05, 3.63) is 30.0 Å². The van der Waals surface area contributed by atoms with E-state index in [1.54, 1.807) is 19.2 Å². The number of Topliss-reactive ketones (excluding diaryl/α,β-unsaturated/α-hetero) is 1. The van der Waals surface area contributed by atoms with Crippen LogP contribution in [0.25, 0.3) is 11.0 Å². The van der Waals surface area contributed by atoms with Crippen molar-refractivity contribution < 1.29 is 22.4 Å². The number of benzene rings is 1. The van der Waals surface area contributed by atoms with Gasteiger partial charge in [0.15, 0.2) is 11.5 Å². The van der Waals surface area contributed by atoms with Gasteiger partial charge in [-0.3, -0.25) is 14.5 Å². The van der Waals surface area contributed by atoms with Gasteiger partial charge in [-0.1, -0.05) is 12.1 Å². The molecule has 0 aliphatic carbocycles. The number of piperidine rings is 1. The first-order valence-corrected chi connectivity index (χ1v) is 11.4. The van der Waals surface area contributed by atoms with Gasteiger partial charge in [-0.05, 0) is 31.9 Å². The van der Waals surface area contributed by atoms with Gasteiger partial charge >= 0.3 is 0 Å². The SMILES string of the molecule is CC(=O)c1oc2ccccc2c1NC(=O)C(C)N1CCC(N(C)S(C)(=O)=O)CC1. The molecule has 0 bridgehead atoms. The molecule has 0 saturated carbocycles. The maximum atomic E-state index is 12.9. The van der Waals surface area contributed by atoms with E-state index in [1.807, 2.05) is 24.0 Å². The molecule has 29 heavy (non-hydrogen) atoms. The summed E-state index contributed by atoms with van der Waals surface area (Å²) in [6.07, 6.45) is 2.53. The minimum absolute atomic E-state index is 0.0568. The van der Waals surface area contributed by atoms with Gasteiger partial charge in [0.1, 0.15) is 5.58 Å². The summed E-state index contributed by atoms with van der Waals surface area (Å²) in [6.45, 7) is 4.45. The number of nitrogens with zero attached hydrogens (tertiary/aromatic N) is 2. The number of hydrogen-bond acceptors (Lipinski definition) is 6. The minimum atomic E-state index is -3.23. The Morgan fingerprint density at radius 2 is 1.86 bits per heavy atom. The van der Waals surface area contributed by atoms with Crippen LogP contribution in [0.3, 0.4) is 0 Å². The zero-order valence-corrected chi connectivity index (χ0v) is 18.0. The number of anilines is 1. The van der Waals surface area contributed by atoms with Crippen LogP contribution in [0, 0.1) is 0 Å². The summed E-state index contributed by atoms with van der Waals surface area (Å²) in [6, 6.07) is 6.71. The molecule has 8 nitrogen and oxygen atoms in total. The highest BCUT2D eigenvalue weighted by Crippen LogP contribution is 2.31. The second-order valence-corrected chi connectivity index (χ2v) is 9.61. The smallest absolute Gasteiger partial charge is 0.241 e. The van der Waals surface area contributed by atoms with E-state index in [1.165, 1.54) is 17.5 Å². The highest BCUT2D eigenvalue weighted by molar-refractivity contribution is 7.88. The number of amides is 1. The normalized spacial score (nSPS) is 17.6. The number of fused-ring (bicyclic) bond motifs is 1. The van der Waals surface area contributed by atoms with E-state index < -0.39 is 16.1 Å². The number of likely N-dealkylation sites (tertiary alicyclic amines) is 1. The van der Waals surface area contributed by atoms with Crippen molar-refractivity contribution in [1.29, 1.82) is 0 Å². The van der Waals surface area contributed by atoms with Crippen LogP contribution in [-0.2, 0) is 14.8 Å². The Hall–Kier alpha value is -2.23. The predicted molar refractivity (Wildman–Crippen MR) is 112 cm³/mol. The van der Waals surface area contributed by atoms with E-state index in [9.17, 15) is 18.0 Å². The zero-order chi connectivity index (χ0) is 21.3. The second-order valence-electron chi connectivity index (χ2n) is 7.57. The first-order chi connectivity index (χ1) is 13.6. The third-order valence-electron chi connectivity index (χ3n) is 5.63. The molecule has 1 amide bonds. The Kier molecular flexibility index (Phi) is 6.11. The monoisotopic (exact) mass is 421 g/mol. The number of para-hydroxylation sites is 1. The Morgan fingerprint density at radius 3 is 2.45 bits per heavy atom. The first-order valence-electron chi connectivity index (χ1n) is 9.60. The maximum absolute atomic E-state index is 12.9. The molecule has 1 saturated heterocycles. The lowest BCUT2D eigenvalue weighted by Crippen LogP contribution is -2.50. The third-order valence-corrected chi connectivity index (χ3v) is 6.97. The Bertz CT molecular complexity index is 1020. The molecule has 1 aromatic heterocycles. The van der Waals surface area contributed by atoms with Gasteiger partial charge in [-0.25, -0.2) is 12.7 Å². The summed E-state index contributed by atoms with van der Waals surface area (Å²) in [7, 11) is -1.64. The van der Waals surface area contributed by atoms with Crippen LogP contribution >= 0.6 is 0 Å². The van der Waals surface area contributed by atoms with E-state index >= 15 is 0 Å². The molecule has 1 aliphatic rings. The first kappa shape index (κ1) is 21.5. The molecule has 2 aromatic rings. The number of rotatable bonds is 6. The van der Waals surface area contributed by atoms with Crippen LogP contribution < -0.4 is 5.32 Å². The van der Waals surface area contributed by atoms with Gasteiger partial charge < -0.3 is 9.73 Å². The molecule has 2 heterocycles. The third kappa shape index (κ3) is 4.52. The Labute approximate surface area is 170 Å². The lowest BCUT2D eigenvalue weighted by Gasteiger charge is -2.38. The van der Waals surface area contributed by atoms with Crippen molar-refractivity contribution in [2.24, 2.45) is 0 Å². The van der Waals surface area contributed by atoms with Gasteiger partial charge in [0.05, 0.1) is 18.0 Å². The zero-order valence-electron chi connectivity index (χ0n) is 17.1. The van der Waals surface area contributed by atoms with Crippen LogP contribution in [0.15, 0.2) is 28.7 Å². The predicted octanol–water partition coefficient (Wildman–Crippen LogP) is 2.32. The molecule has 1 atom stereocenters. The average molecular weight is 422 g/mol. The van der Waals surface area contributed by atoms with E-state index in [-0.39, 0.29) is 23.5 Å². The van der Waals surface area contributed by atoms with Crippen molar-refractivity contribution in [1.82, 2.24) is 9.21 Å². The van der Waals surface area contributed by atoms with Gasteiger partial charge in [-0.15, -0.1) is 0 Å². The molecule has 158 valence electrons. The number of carbonyl (C=O) groups is 2. The molecule has 9 heteroatoms. The topological polar surface area (TPSA) is 99.9 Å². The number of ketones is 1. The van der Waals surface area contributed by atoms with Crippen LogP contribution in [-0.4, -0.2) is 67.8 Å². The van der Waals surface area contributed by atoms with E-state index in [2.05, 4.69) is 5.32 Å². The van der Waals surface area contributed by atoms with Crippen LogP contribution in [0.1, 0.15) is 37.2 Å². The summed E-state index contributed by atoms with van der Waals surface area (Å²) >= 11 is 0. The van der Waals surface area contributed by atoms with E-state index in [0.29, 0.717) is 42.6 Å². The highest BCUT2D eigenvalue weighted by atomic mass is 32.2. The van der Waals surface area contributed by atoms with Crippen molar-refractivity contribution in [2.45, 2.75) is 38.8 Å².